The molecule has 3 aromatic rings. The number of hydrogen-bond donors (Lipinski definition) is 1. The summed E-state index contributed by atoms with van der Waals surface area (Å²) >= 11 is 0. The number of aryl methyl sites for hydroxylation is 1. The van der Waals surface area contributed by atoms with Gasteiger partial charge in [-0.3, -0.25) is 9.59 Å². The van der Waals surface area contributed by atoms with Crippen LogP contribution in [0.15, 0.2) is 66.7 Å². The zero-order valence-electron chi connectivity index (χ0n) is 15.3. The molecular weight excluding hydrogens is 336 g/mol. The van der Waals surface area contributed by atoms with Crippen LogP contribution in [0.3, 0.4) is 0 Å². The van der Waals surface area contributed by atoms with Crippen LogP contribution in [0, 0.1) is 0 Å². The zero-order valence-corrected chi connectivity index (χ0v) is 15.3. The quantitative estimate of drug-likeness (QED) is 0.687. The van der Waals surface area contributed by atoms with Crippen LogP contribution in [0.1, 0.15) is 46.6 Å². The Morgan fingerprint density at radius 1 is 1.00 bits per heavy atom. The number of nitrogens with one attached hydrogen (secondary N) is 1. The van der Waals surface area contributed by atoms with Crippen molar-refractivity contribution in [2.75, 3.05) is 5.32 Å². The van der Waals surface area contributed by atoms with Gasteiger partial charge < -0.3 is 9.88 Å². The van der Waals surface area contributed by atoms with Gasteiger partial charge in [-0.15, -0.1) is 0 Å². The highest BCUT2D eigenvalue weighted by Gasteiger charge is 2.32. The Kier molecular flexibility index (Phi) is 4.63. The largest absolute Gasteiger partial charge is 0.341 e. The standard InChI is InChI=1S/C23H22N2O2/c1-2-16-8-6-7-11-19(16)24-23(27)18-14-15-25-20(18)12-13-21(25)22(26)17-9-4-3-5-10-17/h3-13,18H,2,14-15H2,1H3,(H,24,27). The average molecular weight is 358 g/mol. The van der Waals surface area contributed by atoms with Gasteiger partial charge in [-0.2, -0.15) is 0 Å². The molecule has 2 heterocycles. The topological polar surface area (TPSA) is 51.1 Å². The fourth-order valence-electron chi connectivity index (χ4n) is 3.81. The van der Waals surface area contributed by atoms with E-state index in [0.717, 1.165) is 23.4 Å². The highest BCUT2D eigenvalue weighted by atomic mass is 16.2. The first-order valence-electron chi connectivity index (χ1n) is 9.37. The number of benzene rings is 2. The molecule has 0 saturated heterocycles. The maximum atomic E-state index is 12.9. The monoisotopic (exact) mass is 358 g/mol. The second-order valence-electron chi connectivity index (χ2n) is 6.83. The third-order valence-corrected chi connectivity index (χ3v) is 5.25. The van der Waals surface area contributed by atoms with Crippen LogP contribution in [0.4, 0.5) is 5.69 Å². The van der Waals surface area contributed by atoms with Crippen LogP contribution in [0.5, 0.6) is 0 Å². The SMILES string of the molecule is CCc1ccccc1NC(=O)C1CCn2c(C(=O)c3ccccc3)ccc21. The molecule has 27 heavy (non-hydrogen) atoms. The van der Waals surface area contributed by atoms with Crippen molar-refractivity contribution in [1.29, 1.82) is 0 Å². The number of para-hydroxylation sites is 1. The van der Waals surface area contributed by atoms with Crippen molar-refractivity contribution in [3.63, 3.8) is 0 Å². The molecule has 0 fully saturated rings. The minimum atomic E-state index is -0.229. The summed E-state index contributed by atoms with van der Waals surface area (Å²) in [6, 6.07) is 20.9. The number of anilines is 1. The Morgan fingerprint density at radius 2 is 1.74 bits per heavy atom. The molecule has 1 aromatic heterocycles. The minimum Gasteiger partial charge on any atom is -0.341 e. The minimum absolute atomic E-state index is 0.000707. The summed E-state index contributed by atoms with van der Waals surface area (Å²) in [6.07, 6.45) is 1.58. The van der Waals surface area contributed by atoms with Crippen molar-refractivity contribution in [2.24, 2.45) is 0 Å². The molecule has 0 saturated carbocycles. The molecule has 1 aliphatic heterocycles. The summed E-state index contributed by atoms with van der Waals surface area (Å²) in [5.74, 6) is -0.238. The van der Waals surface area contributed by atoms with Gasteiger partial charge in [0.15, 0.2) is 0 Å². The number of carbonyl (C=O) groups is 2. The van der Waals surface area contributed by atoms with Gasteiger partial charge >= 0.3 is 0 Å². The lowest BCUT2D eigenvalue weighted by atomic mass is 10.0. The van der Waals surface area contributed by atoms with E-state index < -0.39 is 0 Å². The van der Waals surface area contributed by atoms with Gasteiger partial charge in [0.1, 0.15) is 0 Å². The van der Waals surface area contributed by atoms with Crippen LogP contribution in [-0.4, -0.2) is 16.3 Å². The van der Waals surface area contributed by atoms with Crippen LogP contribution >= 0.6 is 0 Å². The highest BCUT2D eigenvalue weighted by Crippen LogP contribution is 2.32. The molecule has 136 valence electrons. The summed E-state index contributed by atoms with van der Waals surface area (Å²) in [5.41, 5.74) is 4.24. The van der Waals surface area contributed by atoms with Gasteiger partial charge in [-0.25, -0.2) is 0 Å². The molecule has 0 spiro atoms. The van der Waals surface area contributed by atoms with Gasteiger partial charge in [-0.05, 0) is 36.6 Å². The Labute approximate surface area is 158 Å². The lowest BCUT2D eigenvalue weighted by Gasteiger charge is -2.13. The van der Waals surface area contributed by atoms with Crippen LogP contribution in [-0.2, 0) is 17.8 Å². The number of hydrogen-bond acceptors (Lipinski definition) is 2. The summed E-state index contributed by atoms with van der Waals surface area (Å²) in [6.45, 7) is 2.76. The second kappa shape index (κ2) is 7.23. The molecule has 4 nitrogen and oxygen atoms in total. The van der Waals surface area contributed by atoms with Gasteiger partial charge in [-0.1, -0.05) is 55.5 Å². The van der Waals surface area contributed by atoms with Crippen LogP contribution in [0.25, 0.3) is 0 Å². The summed E-state index contributed by atoms with van der Waals surface area (Å²) in [5, 5.41) is 3.08. The van der Waals surface area contributed by atoms with E-state index in [1.807, 2.05) is 71.3 Å². The fraction of sp³-hybridized carbons (Fsp3) is 0.217. The maximum Gasteiger partial charge on any atom is 0.233 e. The fourth-order valence-corrected chi connectivity index (χ4v) is 3.81. The van der Waals surface area contributed by atoms with Crippen molar-refractivity contribution in [3.05, 3.63) is 89.2 Å². The van der Waals surface area contributed by atoms with E-state index in [-0.39, 0.29) is 17.6 Å². The number of ketones is 1. The number of aromatic nitrogens is 1. The van der Waals surface area contributed by atoms with Crippen molar-refractivity contribution in [2.45, 2.75) is 32.2 Å². The lowest BCUT2D eigenvalue weighted by molar-refractivity contribution is -0.117. The van der Waals surface area contributed by atoms with Gasteiger partial charge in [0.25, 0.3) is 0 Å². The smallest absolute Gasteiger partial charge is 0.233 e. The molecule has 0 bridgehead atoms. The molecule has 4 rings (SSSR count). The Balaban J connectivity index is 1.57. The predicted octanol–water partition coefficient (Wildman–Crippen LogP) is 4.41. The molecule has 2 aromatic carbocycles. The summed E-state index contributed by atoms with van der Waals surface area (Å²) in [4.78, 5) is 25.7. The number of carbonyl (C=O) groups excluding carboxylic acids is 2. The van der Waals surface area contributed by atoms with E-state index in [9.17, 15) is 9.59 Å². The average Bonchev–Trinajstić information content (AvgIpc) is 3.30. The molecule has 4 heteroatoms. The maximum absolute atomic E-state index is 12.9. The number of rotatable bonds is 5. The Hall–Kier alpha value is -3.14. The molecule has 1 N–H and O–H groups in total. The van der Waals surface area contributed by atoms with E-state index >= 15 is 0 Å². The van der Waals surface area contributed by atoms with E-state index in [2.05, 4.69) is 12.2 Å². The predicted molar refractivity (Wildman–Crippen MR) is 106 cm³/mol. The van der Waals surface area contributed by atoms with Crippen molar-refractivity contribution < 1.29 is 9.59 Å². The van der Waals surface area contributed by atoms with Gasteiger partial charge in [0.05, 0.1) is 11.6 Å². The Morgan fingerprint density at radius 3 is 2.52 bits per heavy atom. The number of fused-ring (bicyclic) bond motifs is 1. The molecule has 1 amide bonds. The molecule has 1 unspecified atom stereocenters. The first kappa shape index (κ1) is 17.3. The number of amides is 1. The molecule has 0 radical (unpaired) electrons. The van der Waals surface area contributed by atoms with Crippen molar-refractivity contribution >= 4 is 17.4 Å². The van der Waals surface area contributed by atoms with Crippen molar-refractivity contribution in [1.82, 2.24) is 4.57 Å². The van der Waals surface area contributed by atoms with Gasteiger partial charge in [0, 0.05) is 23.5 Å². The second-order valence-corrected chi connectivity index (χ2v) is 6.83. The molecule has 1 aliphatic rings. The zero-order chi connectivity index (χ0) is 18.8. The molecule has 1 atom stereocenters. The Bertz CT molecular complexity index is 989. The molecule has 0 aliphatic carbocycles. The first-order chi connectivity index (χ1) is 13.2. The summed E-state index contributed by atoms with van der Waals surface area (Å²) in [7, 11) is 0. The van der Waals surface area contributed by atoms with E-state index in [1.54, 1.807) is 0 Å². The normalized spacial score (nSPS) is 15.4. The summed E-state index contributed by atoms with van der Waals surface area (Å²) < 4.78 is 1.99. The van der Waals surface area contributed by atoms with Gasteiger partial charge in [0.2, 0.25) is 11.7 Å². The molecular formula is C23H22N2O2. The first-order valence-corrected chi connectivity index (χ1v) is 9.37. The highest BCUT2D eigenvalue weighted by molar-refractivity contribution is 6.08. The number of nitrogens with zero attached hydrogens (tertiary/aromatic N) is 1. The van der Waals surface area contributed by atoms with Crippen LogP contribution < -0.4 is 5.32 Å². The van der Waals surface area contributed by atoms with E-state index in [0.29, 0.717) is 24.2 Å². The lowest BCUT2D eigenvalue weighted by Crippen LogP contribution is -2.20. The third-order valence-electron chi connectivity index (χ3n) is 5.25. The van der Waals surface area contributed by atoms with E-state index in [4.69, 9.17) is 0 Å². The van der Waals surface area contributed by atoms with E-state index in [1.165, 1.54) is 0 Å². The third kappa shape index (κ3) is 3.19. The van der Waals surface area contributed by atoms with Crippen LogP contribution in [0.2, 0.25) is 0 Å². The van der Waals surface area contributed by atoms with Crippen molar-refractivity contribution in [3.8, 4) is 0 Å².